The van der Waals surface area contributed by atoms with Crippen molar-refractivity contribution >= 4 is 0 Å². The van der Waals surface area contributed by atoms with Crippen molar-refractivity contribution < 1.29 is 24.6 Å². The molecule has 5 nitrogen and oxygen atoms in total. The average Bonchev–Trinajstić information content (AvgIpc) is 3.02. The first kappa shape index (κ1) is 14.7. The minimum absolute atomic E-state index is 0.290. The van der Waals surface area contributed by atoms with Crippen molar-refractivity contribution in [3.8, 4) is 17.2 Å². The number of fused-ring (bicyclic) bond motifs is 1. The van der Waals surface area contributed by atoms with Crippen molar-refractivity contribution in [2.45, 2.75) is 12.6 Å². The zero-order valence-corrected chi connectivity index (χ0v) is 12.3. The van der Waals surface area contributed by atoms with Crippen LogP contribution in [0.15, 0.2) is 48.5 Å². The largest absolute Gasteiger partial charge is 0.491 e. The zero-order chi connectivity index (χ0) is 15.2. The summed E-state index contributed by atoms with van der Waals surface area (Å²) in [7, 11) is 0. The highest BCUT2D eigenvalue weighted by Gasteiger charge is 2.14. The minimum atomic E-state index is -0.505. The maximum Gasteiger partial charge on any atom is 0.231 e. The van der Waals surface area contributed by atoms with E-state index in [0.29, 0.717) is 13.2 Å². The molecule has 3 rings (SSSR count). The lowest BCUT2D eigenvalue weighted by Crippen LogP contribution is -2.85. The highest BCUT2D eigenvalue weighted by atomic mass is 16.7. The maximum atomic E-state index is 9.94. The van der Waals surface area contributed by atoms with E-state index in [1.807, 2.05) is 48.5 Å². The van der Waals surface area contributed by atoms with Gasteiger partial charge in [-0.2, -0.15) is 0 Å². The molecule has 0 saturated carbocycles. The number of para-hydroxylation sites is 1. The molecule has 3 N–H and O–H groups in total. The molecule has 2 aromatic carbocycles. The van der Waals surface area contributed by atoms with E-state index in [0.717, 1.165) is 29.4 Å². The van der Waals surface area contributed by atoms with Crippen molar-refractivity contribution in [2.75, 3.05) is 19.9 Å². The third kappa shape index (κ3) is 3.90. The molecule has 0 unspecified atom stereocenters. The fraction of sp³-hybridized carbons (Fsp3) is 0.294. The molecule has 0 saturated heterocycles. The van der Waals surface area contributed by atoms with E-state index < -0.39 is 6.10 Å². The molecular formula is C17H20NO4+. The van der Waals surface area contributed by atoms with Gasteiger partial charge in [-0.15, -0.1) is 0 Å². The van der Waals surface area contributed by atoms with E-state index in [1.54, 1.807) is 0 Å². The molecule has 0 amide bonds. The number of rotatable bonds is 7. The Labute approximate surface area is 129 Å². The molecule has 1 heterocycles. The first-order valence-corrected chi connectivity index (χ1v) is 7.37. The predicted octanol–water partition coefficient (Wildman–Crippen LogP) is 0.919. The molecule has 1 atom stereocenters. The van der Waals surface area contributed by atoms with E-state index >= 15 is 0 Å². The number of benzene rings is 2. The third-order valence-corrected chi connectivity index (χ3v) is 3.44. The Balaban J connectivity index is 1.39. The van der Waals surface area contributed by atoms with Gasteiger partial charge in [0.2, 0.25) is 6.79 Å². The van der Waals surface area contributed by atoms with Crippen LogP contribution in [0.5, 0.6) is 17.2 Å². The molecule has 22 heavy (non-hydrogen) atoms. The van der Waals surface area contributed by atoms with E-state index in [1.165, 1.54) is 0 Å². The fourth-order valence-corrected chi connectivity index (χ4v) is 2.29. The van der Waals surface area contributed by atoms with Crippen LogP contribution in [0.25, 0.3) is 0 Å². The van der Waals surface area contributed by atoms with E-state index in [-0.39, 0.29) is 6.79 Å². The average molecular weight is 302 g/mol. The zero-order valence-electron chi connectivity index (χ0n) is 12.3. The van der Waals surface area contributed by atoms with Gasteiger partial charge in [0.25, 0.3) is 0 Å². The first-order valence-electron chi connectivity index (χ1n) is 7.37. The third-order valence-electron chi connectivity index (χ3n) is 3.44. The van der Waals surface area contributed by atoms with Crippen molar-refractivity contribution in [1.29, 1.82) is 0 Å². The van der Waals surface area contributed by atoms with Crippen LogP contribution >= 0.6 is 0 Å². The molecule has 2 aromatic rings. The Bertz CT molecular complexity index is 603. The summed E-state index contributed by atoms with van der Waals surface area (Å²) in [5.74, 6) is 2.36. The molecule has 116 valence electrons. The summed E-state index contributed by atoms with van der Waals surface area (Å²) < 4.78 is 16.2. The molecule has 0 aliphatic carbocycles. The van der Waals surface area contributed by atoms with Crippen LogP contribution in [0.3, 0.4) is 0 Å². The second-order valence-corrected chi connectivity index (χ2v) is 5.19. The Morgan fingerprint density at radius 3 is 2.77 bits per heavy atom. The Kier molecular flexibility index (Phi) is 4.78. The van der Waals surface area contributed by atoms with Gasteiger partial charge >= 0.3 is 0 Å². The van der Waals surface area contributed by atoms with Gasteiger partial charge in [-0.25, -0.2) is 0 Å². The van der Waals surface area contributed by atoms with E-state index in [4.69, 9.17) is 14.2 Å². The molecule has 0 spiro atoms. The van der Waals surface area contributed by atoms with Gasteiger partial charge in [0.1, 0.15) is 31.5 Å². The summed E-state index contributed by atoms with van der Waals surface area (Å²) in [6.07, 6.45) is -0.505. The van der Waals surface area contributed by atoms with Gasteiger partial charge in [-0.1, -0.05) is 18.2 Å². The van der Waals surface area contributed by atoms with Crippen molar-refractivity contribution in [3.05, 3.63) is 54.1 Å². The number of hydrogen-bond acceptors (Lipinski definition) is 4. The number of hydrogen-bond donors (Lipinski definition) is 2. The topological polar surface area (TPSA) is 64.5 Å². The number of aliphatic hydroxyl groups excluding tert-OH is 1. The van der Waals surface area contributed by atoms with Crippen LogP contribution in [-0.4, -0.2) is 31.2 Å². The minimum Gasteiger partial charge on any atom is -0.491 e. The molecule has 0 fully saturated rings. The van der Waals surface area contributed by atoms with Gasteiger partial charge in [0, 0.05) is 5.56 Å². The van der Waals surface area contributed by atoms with Crippen LogP contribution in [0, 0.1) is 0 Å². The van der Waals surface area contributed by atoms with Gasteiger partial charge in [0.05, 0.1) is 0 Å². The Morgan fingerprint density at radius 1 is 1.09 bits per heavy atom. The number of aliphatic hydroxyl groups is 1. The van der Waals surface area contributed by atoms with E-state index in [2.05, 4.69) is 5.32 Å². The van der Waals surface area contributed by atoms with Crippen LogP contribution in [0.1, 0.15) is 5.56 Å². The lowest BCUT2D eigenvalue weighted by Gasteiger charge is -2.11. The molecular weight excluding hydrogens is 282 g/mol. The first-order chi connectivity index (χ1) is 10.8. The Morgan fingerprint density at radius 2 is 1.91 bits per heavy atom. The summed E-state index contributed by atoms with van der Waals surface area (Å²) in [6.45, 7) is 1.94. The molecule has 5 heteroatoms. The van der Waals surface area contributed by atoms with Crippen molar-refractivity contribution in [2.24, 2.45) is 0 Å². The second kappa shape index (κ2) is 7.15. The van der Waals surface area contributed by atoms with E-state index in [9.17, 15) is 5.11 Å². The molecule has 0 aromatic heterocycles. The molecule has 0 radical (unpaired) electrons. The lowest BCUT2D eigenvalue weighted by atomic mass is 10.2. The van der Waals surface area contributed by atoms with Gasteiger partial charge in [0.15, 0.2) is 11.5 Å². The summed E-state index contributed by atoms with van der Waals surface area (Å²) in [6, 6.07) is 15.4. The SMILES string of the molecule is O[C@H](C[NH2+]Cc1ccc2c(c1)OCO2)COc1ccccc1. The number of quaternary nitrogens is 1. The molecule has 1 aliphatic heterocycles. The van der Waals surface area contributed by atoms with Crippen molar-refractivity contribution in [3.63, 3.8) is 0 Å². The van der Waals surface area contributed by atoms with Crippen LogP contribution in [0.4, 0.5) is 0 Å². The lowest BCUT2D eigenvalue weighted by molar-refractivity contribution is -0.676. The predicted molar refractivity (Wildman–Crippen MR) is 81.0 cm³/mol. The summed E-state index contributed by atoms with van der Waals surface area (Å²) in [4.78, 5) is 0. The summed E-state index contributed by atoms with van der Waals surface area (Å²) >= 11 is 0. The second-order valence-electron chi connectivity index (χ2n) is 5.19. The van der Waals surface area contributed by atoms with Gasteiger partial charge in [-0.05, 0) is 30.3 Å². The maximum absolute atomic E-state index is 9.94. The highest BCUT2D eigenvalue weighted by Crippen LogP contribution is 2.32. The normalized spacial score (nSPS) is 13.9. The quantitative estimate of drug-likeness (QED) is 0.798. The highest BCUT2D eigenvalue weighted by molar-refractivity contribution is 5.44. The fourth-order valence-electron chi connectivity index (χ4n) is 2.29. The van der Waals surface area contributed by atoms with Gasteiger partial charge in [-0.3, -0.25) is 0 Å². The number of nitrogens with two attached hydrogens (primary N) is 1. The molecule has 0 bridgehead atoms. The standard InChI is InChI=1S/C17H19NO4/c19-14(11-20-15-4-2-1-3-5-15)10-18-9-13-6-7-16-17(8-13)22-12-21-16/h1-8,14,18-19H,9-12H2/p+1/t14-/m1/s1. The summed E-state index contributed by atoms with van der Waals surface area (Å²) in [5.41, 5.74) is 1.14. The van der Waals surface area contributed by atoms with Crippen LogP contribution in [-0.2, 0) is 6.54 Å². The van der Waals surface area contributed by atoms with Crippen LogP contribution < -0.4 is 19.5 Å². The number of ether oxygens (including phenoxy) is 3. The van der Waals surface area contributed by atoms with Gasteiger partial charge < -0.3 is 24.6 Å². The van der Waals surface area contributed by atoms with Crippen molar-refractivity contribution in [1.82, 2.24) is 0 Å². The smallest absolute Gasteiger partial charge is 0.231 e. The monoisotopic (exact) mass is 302 g/mol. The Hall–Kier alpha value is -2.24. The summed E-state index contributed by atoms with van der Waals surface area (Å²) in [5, 5.41) is 12.0. The molecule has 1 aliphatic rings. The van der Waals surface area contributed by atoms with Crippen LogP contribution in [0.2, 0.25) is 0 Å².